The molecule has 0 amide bonds. The monoisotopic (exact) mass is 386 g/mol. The van der Waals surface area contributed by atoms with E-state index in [-0.39, 0.29) is 12.0 Å². The summed E-state index contributed by atoms with van der Waals surface area (Å²) < 4.78 is 10.5. The van der Waals surface area contributed by atoms with Gasteiger partial charge in [0.15, 0.2) is 6.29 Å². The molecule has 28 heavy (non-hydrogen) atoms. The Hall–Kier alpha value is -1.73. The number of methoxy groups -OCH3 is 2. The fourth-order valence-corrected chi connectivity index (χ4v) is 5.29. The van der Waals surface area contributed by atoms with Gasteiger partial charge in [0.05, 0.1) is 30.8 Å². The van der Waals surface area contributed by atoms with Gasteiger partial charge in [-0.3, -0.25) is 9.89 Å². The number of nitrogens with zero attached hydrogens (tertiary/aromatic N) is 2. The van der Waals surface area contributed by atoms with Crippen molar-refractivity contribution in [2.75, 3.05) is 27.3 Å². The average molecular weight is 386 g/mol. The summed E-state index contributed by atoms with van der Waals surface area (Å²) in [5.41, 5.74) is 2.43. The Morgan fingerprint density at radius 1 is 1.39 bits per heavy atom. The minimum Gasteiger partial charge on any atom is -0.504 e. The molecule has 0 aliphatic carbocycles. The molecule has 3 aliphatic rings. The lowest BCUT2D eigenvalue weighted by Crippen LogP contribution is -2.60. The molecule has 1 aromatic carbocycles. The lowest BCUT2D eigenvalue weighted by atomic mass is 9.70. The summed E-state index contributed by atoms with van der Waals surface area (Å²) in [6, 6.07) is 7.94. The second kappa shape index (κ2) is 7.59. The van der Waals surface area contributed by atoms with E-state index in [0.29, 0.717) is 12.3 Å². The van der Waals surface area contributed by atoms with E-state index in [1.54, 1.807) is 13.4 Å². The van der Waals surface area contributed by atoms with Gasteiger partial charge in [0.1, 0.15) is 5.60 Å². The first kappa shape index (κ1) is 19.6. The molecule has 6 nitrogen and oxygen atoms in total. The molecule has 0 spiro atoms. The number of aliphatic hydroxyl groups excluding tert-OH is 1. The van der Waals surface area contributed by atoms with E-state index in [4.69, 9.17) is 14.5 Å². The fraction of sp³-hybridized carbons (Fsp3) is 0.591. The van der Waals surface area contributed by atoms with Gasteiger partial charge in [0.25, 0.3) is 0 Å². The van der Waals surface area contributed by atoms with Crippen molar-refractivity contribution < 1.29 is 19.7 Å². The summed E-state index contributed by atoms with van der Waals surface area (Å²) in [7, 11) is 3.09. The van der Waals surface area contributed by atoms with Crippen LogP contribution in [0, 0.1) is 11.8 Å². The Kier molecular flexibility index (Phi) is 5.31. The van der Waals surface area contributed by atoms with Crippen LogP contribution in [0.4, 0.5) is 5.69 Å². The molecule has 2 fully saturated rings. The maximum atomic E-state index is 11.5. The summed E-state index contributed by atoms with van der Waals surface area (Å²) in [5.74, 6) is 0.493. The molecule has 3 heterocycles. The molecule has 4 rings (SSSR count). The highest BCUT2D eigenvalue weighted by molar-refractivity contribution is 6.04. The molecule has 152 valence electrons. The number of aliphatic imine (C=N–C) groups is 1. The fourth-order valence-electron chi connectivity index (χ4n) is 5.29. The molecule has 5 atom stereocenters. The average Bonchev–Trinajstić information content (AvgIpc) is 3.03. The third-order valence-electron chi connectivity index (χ3n) is 6.76. The van der Waals surface area contributed by atoms with Gasteiger partial charge in [0.2, 0.25) is 0 Å². The highest BCUT2D eigenvalue weighted by Gasteiger charge is 2.52. The lowest BCUT2D eigenvalue weighted by Gasteiger charge is -2.50. The highest BCUT2D eigenvalue weighted by Crippen LogP contribution is 2.48. The SMILES string of the molecule is CC[C@@H]1CN2CC[C@@]3(O)C(=Nc4ccccc43)[C@@H]2C[C@@H]1/C(=C\OC)C(O)OC. The van der Waals surface area contributed by atoms with E-state index in [0.717, 1.165) is 48.5 Å². The van der Waals surface area contributed by atoms with E-state index in [9.17, 15) is 10.2 Å². The van der Waals surface area contributed by atoms with Crippen LogP contribution in [0.25, 0.3) is 0 Å². The van der Waals surface area contributed by atoms with E-state index < -0.39 is 11.9 Å². The summed E-state index contributed by atoms with van der Waals surface area (Å²) in [6.45, 7) is 3.94. The molecule has 3 aliphatic heterocycles. The van der Waals surface area contributed by atoms with E-state index in [2.05, 4.69) is 11.8 Å². The smallest absolute Gasteiger partial charge is 0.180 e. The van der Waals surface area contributed by atoms with Gasteiger partial charge in [-0.25, -0.2) is 0 Å². The zero-order valence-electron chi connectivity index (χ0n) is 16.8. The number of benzene rings is 1. The Morgan fingerprint density at radius 3 is 2.89 bits per heavy atom. The maximum absolute atomic E-state index is 11.5. The number of aliphatic hydroxyl groups is 2. The van der Waals surface area contributed by atoms with Crippen molar-refractivity contribution >= 4 is 11.4 Å². The first-order valence-corrected chi connectivity index (χ1v) is 10.1. The number of hydrogen-bond donors (Lipinski definition) is 2. The van der Waals surface area contributed by atoms with Crippen LogP contribution < -0.4 is 0 Å². The van der Waals surface area contributed by atoms with Crippen molar-refractivity contribution in [3.8, 4) is 0 Å². The first-order chi connectivity index (χ1) is 13.5. The predicted octanol–water partition coefficient (Wildman–Crippen LogP) is 2.58. The molecular weight excluding hydrogens is 356 g/mol. The van der Waals surface area contributed by atoms with Crippen LogP contribution in [0.2, 0.25) is 0 Å². The topological polar surface area (TPSA) is 74.5 Å². The van der Waals surface area contributed by atoms with E-state index in [1.807, 2.05) is 24.3 Å². The first-order valence-electron chi connectivity index (χ1n) is 10.1. The second-order valence-corrected chi connectivity index (χ2v) is 8.09. The largest absolute Gasteiger partial charge is 0.504 e. The van der Waals surface area contributed by atoms with Gasteiger partial charge >= 0.3 is 0 Å². The molecule has 2 N–H and O–H groups in total. The van der Waals surface area contributed by atoms with Crippen molar-refractivity contribution in [2.24, 2.45) is 16.8 Å². The molecule has 0 saturated carbocycles. The number of piperidine rings is 2. The molecule has 0 radical (unpaired) electrons. The molecule has 1 aromatic rings. The van der Waals surface area contributed by atoms with Crippen LogP contribution >= 0.6 is 0 Å². The van der Waals surface area contributed by atoms with Gasteiger partial charge < -0.3 is 19.7 Å². The van der Waals surface area contributed by atoms with Gasteiger partial charge in [-0.15, -0.1) is 0 Å². The number of rotatable bonds is 5. The van der Waals surface area contributed by atoms with Crippen molar-refractivity contribution in [2.45, 2.75) is 44.1 Å². The number of para-hydroxylation sites is 1. The van der Waals surface area contributed by atoms with E-state index in [1.165, 1.54) is 7.11 Å². The normalized spacial score (nSPS) is 33.5. The number of hydrogen-bond acceptors (Lipinski definition) is 6. The summed E-state index contributed by atoms with van der Waals surface area (Å²) in [6.07, 6.45) is 3.08. The molecule has 6 heteroatoms. The Morgan fingerprint density at radius 2 is 2.18 bits per heavy atom. The van der Waals surface area contributed by atoms with Crippen LogP contribution in [-0.4, -0.2) is 60.5 Å². The summed E-state index contributed by atoms with van der Waals surface area (Å²) >= 11 is 0. The quantitative estimate of drug-likeness (QED) is 0.601. The van der Waals surface area contributed by atoms with Crippen LogP contribution in [0.5, 0.6) is 0 Å². The van der Waals surface area contributed by atoms with Crippen LogP contribution in [0.3, 0.4) is 0 Å². The summed E-state index contributed by atoms with van der Waals surface area (Å²) in [5, 5.41) is 22.0. The minimum absolute atomic E-state index is 0.0447. The second-order valence-electron chi connectivity index (χ2n) is 8.09. The zero-order chi connectivity index (χ0) is 19.9. The number of ether oxygens (including phenoxy) is 2. The molecule has 2 saturated heterocycles. The van der Waals surface area contributed by atoms with Gasteiger partial charge in [-0.1, -0.05) is 31.5 Å². The molecule has 0 bridgehead atoms. The third kappa shape index (κ3) is 2.99. The van der Waals surface area contributed by atoms with E-state index >= 15 is 0 Å². The highest BCUT2D eigenvalue weighted by atomic mass is 16.6. The van der Waals surface area contributed by atoms with Gasteiger partial charge in [0, 0.05) is 31.3 Å². The van der Waals surface area contributed by atoms with Crippen molar-refractivity contribution in [1.82, 2.24) is 4.90 Å². The maximum Gasteiger partial charge on any atom is 0.180 e. The van der Waals surface area contributed by atoms with Gasteiger partial charge in [-0.05, 0) is 30.7 Å². The Balaban J connectivity index is 1.69. The Labute approximate surface area is 166 Å². The lowest BCUT2D eigenvalue weighted by molar-refractivity contribution is -0.0625. The molecule has 1 unspecified atom stereocenters. The van der Waals surface area contributed by atoms with Crippen LogP contribution in [0.15, 0.2) is 41.1 Å². The zero-order valence-corrected chi connectivity index (χ0v) is 16.8. The standard InChI is InChI=1S/C22H30N2O4/c1-4-14-12-24-10-9-22(26)17-7-5-6-8-18(17)23-20(22)19(24)11-15(14)16(13-27-2)21(25)28-3/h5-8,13-15,19,21,25-26H,4,9-12H2,1-3H3/b16-13+/t14-,15+,19+,21?,22+/m1/s1. The third-order valence-corrected chi connectivity index (χ3v) is 6.76. The van der Waals surface area contributed by atoms with Gasteiger partial charge in [-0.2, -0.15) is 0 Å². The summed E-state index contributed by atoms with van der Waals surface area (Å²) in [4.78, 5) is 7.32. The number of fused-ring (bicyclic) bond motifs is 5. The molecular formula is C22H30N2O4. The van der Waals surface area contributed by atoms with Crippen LogP contribution in [-0.2, 0) is 15.1 Å². The van der Waals surface area contributed by atoms with Crippen molar-refractivity contribution in [3.05, 3.63) is 41.7 Å². The van der Waals surface area contributed by atoms with Crippen molar-refractivity contribution in [1.29, 1.82) is 0 Å². The molecule has 0 aromatic heterocycles. The van der Waals surface area contributed by atoms with Crippen molar-refractivity contribution in [3.63, 3.8) is 0 Å². The predicted molar refractivity (Wildman–Crippen MR) is 107 cm³/mol. The minimum atomic E-state index is -0.990. The van der Waals surface area contributed by atoms with Crippen LogP contribution in [0.1, 0.15) is 31.7 Å². The Bertz CT molecular complexity index is 792.